The molecule has 0 saturated heterocycles. The molecule has 0 aliphatic carbocycles. The number of carbonyl (C=O) groups is 1. The molecule has 0 amide bonds. The summed E-state index contributed by atoms with van der Waals surface area (Å²) in [5, 5.41) is 13.4. The number of hydrogen-bond donors (Lipinski definition) is 1. The number of anilines is 1. The van der Waals surface area contributed by atoms with Gasteiger partial charge in [-0.15, -0.1) is 0 Å². The average molecular weight is 370 g/mol. The molecule has 1 aromatic carbocycles. The Labute approximate surface area is 157 Å². The van der Waals surface area contributed by atoms with E-state index in [0.717, 1.165) is 5.56 Å². The first-order valence-corrected chi connectivity index (χ1v) is 8.85. The van der Waals surface area contributed by atoms with Crippen LogP contribution in [0.15, 0.2) is 42.7 Å². The van der Waals surface area contributed by atoms with Crippen LogP contribution in [0, 0.1) is 17.7 Å². The summed E-state index contributed by atoms with van der Waals surface area (Å²) in [7, 11) is 1.89. The molecule has 2 atom stereocenters. The van der Waals surface area contributed by atoms with Gasteiger partial charge in [0.1, 0.15) is 17.2 Å². The van der Waals surface area contributed by atoms with Crippen molar-refractivity contribution in [1.29, 1.82) is 0 Å². The molecule has 0 spiro atoms. The van der Waals surface area contributed by atoms with Crippen LogP contribution in [0.3, 0.4) is 0 Å². The Morgan fingerprint density at radius 1 is 1.26 bits per heavy atom. The fraction of sp³-hybridized carbons (Fsp3) is 0.350. The highest BCUT2D eigenvalue weighted by atomic mass is 19.1. The lowest BCUT2D eigenvalue weighted by atomic mass is 9.85. The maximum atomic E-state index is 13.9. The van der Waals surface area contributed by atoms with Gasteiger partial charge in [0.2, 0.25) is 0 Å². The van der Waals surface area contributed by atoms with E-state index in [0.29, 0.717) is 11.7 Å². The van der Waals surface area contributed by atoms with Crippen molar-refractivity contribution in [1.82, 2.24) is 14.6 Å². The van der Waals surface area contributed by atoms with Gasteiger partial charge in [-0.2, -0.15) is 5.10 Å². The summed E-state index contributed by atoms with van der Waals surface area (Å²) in [6.07, 6.45) is 2.97. The molecule has 2 heterocycles. The minimum atomic E-state index is -1.07. The van der Waals surface area contributed by atoms with Gasteiger partial charge in [0.25, 0.3) is 0 Å². The monoisotopic (exact) mass is 370 g/mol. The molecule has 3 rings (SSSR count). The van der Waals surface area contributed by atoms with E-state index in [1.807, 2.05) is 18.0 Å². The number of benzene rings is 1. The number of halogens is 1. The normalized spacial score (nSPS) is 13.7. The predicted octanol–water partition coefficient (Wildman–Crippen LogP) is 4.04. The topological polar surface area (TPSA) is 70.7 Å². The summed E-state index contributed by atoms with van der Waals surface area (Å²) in [6.45, 7) is 6.37. The highest BCUT2D eigenvalue weighted by Gasteiger charge is 2.28. The van der Waals surface area contributed by atoms with Crippen molar-refractivity contribution in [2.24, 2.45) is 11.8 Å². The first-order valence-electron chi connectivity index (χ1n) is 8.85. The summed E-state index contributed by atoms with van der Waals surface area (Å²) in [5.74, 6) is -0.191. The number of hydrogen-bond acceptors (Lipinski definition) is 4. The third-order valence-electron chi connectivity index (χ3n) is 5.10. The summed E-state index contributed by atoms with van der Waals surface area (Å²) >= 11 is 0. The average Bonchev–Trinajstić information content (AvgIpc) is 3.05. The number of carboxylic acids is 1. The minimum absolute atomic E-state index is 0.0458. The maximum Gasteiger partial charge on any atom is 0.341 e. The molecule has 0 aliphatic heterocycles. The first kappa shape index (κ1) is 18.8. The van der Waals surface area contributed by atoms with Gasteiger partial charge in [-0.05, 0) is 35.6 Å². The zero-order valence-corrected chi connectivity index (χ0v) is 15.8. The van der Waals surface area contributed by atoms with Gasteiger partial charge in [0, 0.05) is 13.2 Å². The van der Waals surface area contributed by atoms with Crippen LogP contribution >= 0.6 is 0 Å². The fourth-order valence-corrected chi connectivity index (χ4v) is 3.28. The van der Waals surface area contributed by atoms with Gasteiger partial charge in [0.05, 0.1) is 12.2 Å². The molecule has 27 heavy (non-hydrogen) atoms. The number of aromatic nitrogens is 3. The van der Waals surface area contributed by atoms with Crippen molar-refractivity contribution < 1.29 is 14.3 Å². The summed E-state index contributed by atoms with van der Waals surface area (Å²) in [6, 6.07) is 8.24. The summed E-state index contributed by atoms with van der Waals surface area (Å²) in [4.78, 5) is 17.9. The van der Waals surface area contributed by atoms with Crippen molar-refractivity contribution >= 4 is 17.4 Å². The zero-order valence-electron chi connectivity index (χ0n) is 15.8. The first-order chi connectivity index (χ1) is 12.8. The van der Waals surface area contributed by atoms with Crippen LogP contribution in [0.25, 0.3) is 5.65 Å². The van der Waals surface area contributed by atoms with Crippen molar-refractivity contribution in [3.05, 3.63) is 59.7 Å². The minimum Gasteiger partial charge on any atom is -0.477 e. The molecule has 0 aliphatic rings. The SMILES string of the molecule is CC(C)C(C)C(c1cccc(F)c1)N(C)c1ccn2ncc(C(=O)O)c2n1. The van der Waals surface area contributed by atoms with Crippen LogP contribution in [-0.2, 0) is 0 Å². The highest BCUT2D eigenvalue weighted by molar-refractivity contribution is 5.94. The van der Waals surface area contributed by atoms with Gasteiger partial charge >= 0.3 is 5.97 Å². The Balaban J connectivity index is 2.08. The van der Waals surface area contributed by atoms with E-state index in [2.05, 4.69) is 30.9 Å². The number of fused-ring (bicyclic) bond motifs is 1. The fourth-order valence-electron chi connectivity index (χ4n) is 3.28. The highest BCUT2D eigenvalue weighted by Crippen LogP contribution is 2.35. The van der Waals surface area contributed by atoms with Gasteiger partial charge in [0.15, 0.2) is 5.65 Å². The van der Waals surface area contributed by atoms with Crippen LogP contribution in [-0.4, -0.2) is 32.7 Å². The molecule has 0 saturated carbocycles. The number of nitrogens with zero attached hydrogens (tertiary/aromatic N) is 4. The standard InChI is InChI=1S/C20H23FN4O2/c1-12(2)13(3)18(14-6-5-7-15(21)10-14)24(4)17-8-9-25-19(23-17)16(11-22-25)20(26)27/h5-13,18H,1-4H3,(H,26,27). The molecule has 142 valence electrons. The van der Waals surface area contributed by atoms with Gasteiger partial charge in [-0.3, -0.25) is 0 Å². The molecular weight excluding hydrogens is 347 g/mol. The number of carboxylic acid groups (broad SMARTS) is 1. The lowest BCUT2D eigenvalue weighted by Crippen LogP contribution is -2.32. The van der Waals surface area contributed by atoms with E-state index >= 15 is 0 Å². The largest absolute Gasteiger partial charge is 0.477 e. The molecule has 2 unspecified atom stereocenters. The Morgan fingerprint density at radius 2 is 2.00 bits per heavy atom. The molecule has 3 aromatic rings. The van der Waals surface area contributed by atoms with E-state index in [1.165, 1.54) is 16.8 Å². The van der Waals surface area contributed by atoms with Crippen molar-refractivity contribution in [3.63, 3.8) is 0 Å². The van der Waals surface area contributed by atoms with Crippen molar-refractivity contribution in [2.45, 2.75) is 26.8 Å². The summed E-state index contributed by atoms with van der Waals surface area (Å²) in [5.41, 5.74) is 1.18. The second kappa shape index (κ2) is 7.34. The van der Waals surface area contributed by atoms with Crippen LogP contribution in [0.2, 0.25) is 0 Å². The lowest BCUT2D eigenvalue weighted by molar-refractivity contribution is 0.0698. The van der Waals surface area contributed by atoms with Gasteiger partial charge < -0.3 is 10.0 Å². The molecule has 0 bridgehead atoms. The Hall–Kier alpha value is -2.96. The molecule has 0 radical (unpaired) electrons. The van der Waals surface area contributed by atoms with Crippen molar-refractivity contribution in [2.75, 3.05) is 11.9 Å². The van der Waals surface area contributed by atoms with Crippen LogP contribution in [0.1, 0.15) is 42.7 Å². The van der Waals surface area contributed by atoms with E-state index in [4.69, 9.17) is 0 Å². The van der Waals surface area contributed by atoms with E-state index < -0.39 is 5.97 Å². The van der Waals surface area contributed by atoms with Crippen LogP contribution < -0.4 is 4.90 Å². The molecular formula is C20H23FN4O2. The predicted molar refractivity (Wildman–Crippen MR) is 101 cm³/mol. The smallest absolute Gasteiger partial charge is 0.341 e. The molecule has 2 aromatic heterocycles. The van der Waals surface area contributed by atoms with E-state index in [1.54, 1.807) is 24.4 Å². The second-order valence-electron chi connectivity index (χ2n) is 7.13. The van der Waals surface area contributed by atoms with E-state index in [9.17, 15) is 14.3 Å². The Bertz CT molecular complexity index is 970. The quantitative estimate of drug-likeness (QED) is 0.709. The number of aromatic carboxylic acids is 1. The van der Waals surface area contributed by atoms with E-state index in [-0.39, 0.29) is 29.0 Å². The number of rotatable bonds is 6. The molecule has 0 fully saturated rings. The Kier molecular flexibility index (Phi) is 5.12. The van der Waals surface area contributed by atoms with Crippen molar-refractivity contribution in [3.8, 4) is 0 Å². The molecule has 1 N–H and O–H groups in total. The Morgan fingerprint density at radius 3 is 2.63 bits per heavy atom. The van der Waals surface area contributed by atoms with Crippen LogP contribution in [0.4, 0.5) is 10.2 Å². The maximum absolute atomic E-state index is 13.9. The third kappa shape index (κ3) is 3.63. The second-order valence-corrected chi connectivity index (χ2v) is 7.13. The zero-order chi connectivity index (χ0) is 19.7. The van der Waals surface area contributed by atoms with Gasteiger partial charge in [-0.25, -0.2) is 18.7 Å². The molecule has 6 nitrogen and oxygen atoms in total. The molecule has 7 heteroatoms. The lowest BCUT2D eigenvalue weighted by Gasteiger charge is -2.36. The van der Waals surface area contributed by atoms with Crippen LogP contribution in [0.5, 0.6) is 0 Å². The summed E-state index contributed by atoms with van der Waals surface area (Å²) < 4.78 is 15.3. The van der Waals surface area contributed by atoms with Gasteiger partial charge in [-0.1, -0.05) is 32.9 Å². The third-order valence-corrected chi connectivity index (χ3v) is 5.10.